The molecule has 0 aliphatic rings. The lowest BCUT2D eigenvalue weighted by Gasteiger charge is -2.06. The molecule has 0 heterocycles. The first-order valence-corrected chi connectivity index (χ1v) is 6.56. The van der Waals surface area contributed by atoms with Gasteiger partial charge in [-0.05, 0) is 34.9 Å². The second-order valence-electron chi connectivity index (χ2n) is 4.50. The zero-order chi connectivity index (χ0) is 13.7. The van der Waals surface area contributed by atoms with Crippen LogP contribution in [0.25, 0.3) is 10.8 Å². The number of rotatable bonds is 5. The van der Waals surface area contributed by atoms with Crippen LogP contribution in [0.15, 0.2) is 36.4 Å². The molecular formula is C16H19NO2. The lowest BCUT2D eigenvalue weighted by atomic mass is 10.0. The summed E-state index contributed by atoms with van der Waals surface area (Å²) in [5.41, 5.74) is 1.23. The van der Waals surface area contributed by atoms with E-state index in [0.717, 1.165) is 12.2 Å². The minimum atomic E-state index is 0.102. The van der Waals surface area contributed by atoms with Gasteiger partial charge in [0.2, 0.25) is 5.91 Å². The number of amides is 1. The predicted octanol–water partition coefficient (Wildman–Crippen LogP) is 2.92. The summed E-state index contributed by atoms with van der Waals surface area (Å²) in [5.74, 6) is 0.973. The van der Waals surface area contributed by atoms with Crippen molar-refractivity contribution >= 4 is 16.7 Å². The number of benzene rings is 2. The van der Waals surface area contributed by atoms with Gasteiger partial charge in [-0.3, -0.25) is 4.79 Å². The average molecular weight is 257 g/mol. The number of nitrogens with one attached hydrogen (secondary N) is 1. The fourth-order valence-corrected chi connectivity index (χ4v) is 2.03. The number of hydrogen-bond donors (Lipinski definition) is 1. The van der Waals surface area contributed by atoms with E-state index in [9.17, 15) is 4.79 Å². The third kappa shape index (κ3) is 3.47. The highest BCUT2D eigenvalue weighted by atomic mass is 16.5. The summed E-state index contributed by atoms with van der Waals surface area (Å²) < 4.78 is 5.21. The predicted molar refractivity (Wildman–Crippen MR) is 77.5 cm³/mol. The minimum absolute atomic E-state index is 0.102. The molecule has 100 valence electrons. The van der Waals surface area contributed by atoms with E-state index >= 15 is 0 Å². The molecule has 3 nitrogen and oxygen atoms in total. The minimum Gasteiger partial charge on any atom is -0.497 e. The monoisotopic (exact) mass is 257 g/mol. The van der Waals surface area contributed by atoms with E-state index in [2.05, 4.69) is 29.6 Å². The Balaban J connectivity index is 2.07. The molecule has 0 aliphatic heterocycles. The molecule has 2 aromatic rings. The molecule has 0 saturated carbocycles. The smallest absolute Gasteiger partial charge is 0.219 e. The number of carbonyl (C=O) groups is 1. The van der Waals surface area contributed by atoms with Gasteiger partial charge in [0.15, 0.2) is 0 Å². The number of methoxy groups -OCH3 is 1. The van der Waals surface area contributed by atoms with E-state index in [1.54, 1.807) is 7.11 Å². The van der Waals surface area contributed by atoms with Gasteiger partial charge >= 0.3 is 0 Å². The first-order valence-electron chi connectivity index (χ1n) is 6.56. The van der Waals surface area contributed by atoms with Gasteiger partial charge in [0.1, 0.15) is 5.75 Å². The SMILES string of the molecule is CCC(=O)NCCc1ccc2cc(OC)ccc2c1. The Morgan fingerprint density at radius 1 is 1.16 bits per heavy atom. The standard InChI is InChI=1S/C16H19NO2/c1-3-16(18)17-9-8-12-4-5-14-11-15(19-2)7-6-13(14)10-12/h4-7,10-11H,3,8-9H2,1-2H3,(H,17,18). The van der Waals surface area contributed by atoms with Gasteiger partial charge in [-0.1, -0.05) is 31.2 Å². The summed E-state index contributed by atoms with van der Waals surface area (Å²) in [6.45, 7) is 2.55. The van der Waals surface area contributed by atoms with Crippen molar-refractivity contribution in [3.63, 3.8) is 0 Å². The lowest BCUT2D eigenvalue weighted by molar-refractivity contribution is -0.120. The van der Waals surface area contributed by atoms with Crippen molar-refractivity contribution in [1.29, 1.82) is 0 Å². The molecule has 0 atom stereocenters. The van der Waals surface area contributed by atoms with Crippen LogP contribution in [0, 0.1) is 0 Å². The normalized spacial score (nSPS) is 10.4. The molecule has 0 aromatic heterocycles. The third-order valence-electron chi connectivity index (χ3n) is 3.17. The molecule has 0 radical (unpaired) electrons. The van der Waals surface area contributed by atoms with Crippen molar-refractivity contribution in [3.05, 3.63) is 42.0 Å². The highest BCUT2D eigenvalue weighted by Crippen LogP contribution is 2.21. The maximum Gasteiger partial charge on any atom is 0.219 e. The molecular weight excluding hydrogens is 238 g/mol. The topological polar surface area (TPSA) is 38.3 Å². The number of carbonyl (C=O) groups excluding carboxylic acids is 1. The summed E-state index contributed by atoms with van der Waals surface area (Å²) in [6.07, 6.45) is 1.39. The van der Waals surface area contributed by atoms with E-state index < -0.39 is 0 Å². The highest BCUT2D eigenvalue weighted by Gasteiger charge is 2.00. The maximum absolute atomic E-state index is 11.2. The van der Waals surface area contributed by atoms with Gasteiger partial charge in [-0.2, -0.15) is 0 Å². The van der Waals surface area contributed by atoms with Gasteiger partial charge < -0.3 is 10.1 Å². The first kappa shape index (κ1) is 13.4. The second-order valence-corrected chi connectivity index (χ2v) is 4.50. The molecule has 2 aromatic carbocycles. The van der Waals surface area contributed by atoms with Crippen molar-refractivity contribution in [2.75, 3.05) is 13.7 Å². The van der Waals surface area contributed by atoms with E-state index in [4.69, 9.17) is 4.74 Å². The van der Waals surface area contributed by atoms with Crippen molar-refractivity contribution in [2.45, 2.75) is 19.8 Å². The molecule has 3 heteroatoms. The van der Waals surface area contributed by atoms with Crippen molar-refractivity contribution in [2.24, 2.45) is 0 Å². The van der Waals surface area contributed by atoms with Crippen molar-refractivity contribution in [1.82, 2.24) is 5.32 Å². The summed E-state index contributed by atoms with van der Waals surface area (Å²) in [7, 11) is 1.67. The Bertz CT molecular complexity index is 578. The zero-order valence-corrected chi connectivity index (χ0v) is 11.4. The fraction of sp³-hybridized carbons (Fsp3) is 0.312. The van der Waals surface area contributed by atoms with Crippen LogP contribution >= 0.6 is 0 Å². The van der Waals surface area contributed by atoms with Crippen molar-refractivity contribution in [3.8, 4) is 5.75 Å². The summed E-state index contributed by atoms with van der Waals surface area (Å²) in [6, 6.07) is 12.4. The van der Waals surface area contributed by atoms with Crippen LogP contribution in [0.1, 0.15) is 18.9 Å². The van der Waals surface area contributed by atoms with Crippen LogP contribution < -0.4 is 10.1 Å². The molecule has 0 fully saturated rings. The van der Waals surface area contributed by atoms with E-state index in [1.807, 2.05) is 19.1 Å². The molecule has 1 N–H and O–H groups in total. The number of fused-ring (bicyclic) bond motifs is 1. The largest absolute Gasteiger partial charge is 0.497 e. The van der Waals surface area contributed by atoms with E-state index in [0.29, 0.717) is 13.0 Å². The molecule has 0 spiro atoms. The Morgan fingerprint density at radius 2 is 1.89 bits per heavy atom. The summed E-state index contributed by atoms with van der Waals surface area (Å²) >= 11 is 0. The van der Waals surface area contributed by atoms with Crippen LogP contribution in [0.3, 0.4) is 0 Å². The maximum atomic E-state index is 11.2. The van der Waals surface area contributed by atoms with Gasteiger partial charge in [0.25, 0.3) is 0 Å². The van der Waals surface area contributed by atoms with Gasteiger partial charge in [0, 0.05) is 13.0 Å². The Labute approximate surface area is 113 Å². The molecule has 1 amide bonds. The fourth-order valence-electron chi connectivity index (χ4n) is 2.03. The second kappa shape index (κ2) is 6.23. The summed E-state index contributed by atoms with van der Waals surface area (Å²) in [4.78, 5) is 11.2. The van der Waals surface area contributed by atoms with Crippen LogP contribution in [0.2, 0.25) is 0 Å². The molecule has 0 bridgehead atoms. The number of ether oxygens (including phenoxy) is 1. The Morgan fingerprint density at radius 3 is 2.63 bits per heavy atom. The van der Waals surface area contributed by atoms with E-state index in [-0.39, 0.29) is 5.91 Å². The van der Waals surface area contributed by atoms with Gasteiger partial charge in [-0.25, -0.2) is 0 Å². The molecule has 0 aliphatic carbocycles. The van der Waals surface area contributed by atoms with Crippen LogP contribution in [0.5, 0.6) is 5.75 Å². The Hall–Kier alpha value is -2.03. The van der Waals surface area contributed by atoms with Gasteiger partial charge in [0.05, 0.1) is 7.11 Å². The Kier molecular flexibility index (Phi) is 4.39. The van der Waals surface area contributed by atoms with Crippen molar-refractivity contribution < 1.29 is 9.53 Å². The first-order chi connectivity index (χ1) is 9.22. The van der Waals surface area contributed by atoms with Gasteiger partial charge in [-0.15, -0.1) is 0 Å². The summed E-state index contributed by atoms with van der Waals surface area (Å²) in [5, 5.41) is 5.25. The van der Waals surface area contributed by atoms with Crippen LogP contribution in [0.4, 0.5) is 0 Å². The van der Waals surface area contributed by atoms with E-state index in [1.165, 1.54) is 16.3 Å². The number of hydrogen-bond acceptors (Lipinski definition) is 2. The lowest BCUT2D eigenvalue weighted by Crippen LogP contribution is -2.24. The quantitative estimate of drug-likeness (QED) is 0.894. The molecule has 0 unspecified atom stereocenters. The average Bonchev–Trinajstić information content (AvgIpc) is 2.46. The highest BCUT2D eigenvalue weighted by molar-refractivity contribution is 5.84. The van der Waals surface area contributed by atoms with Crippen LogP contribution in [-0.2, 0) is 11.2 Å². The molecule has 2 rings (SSSR count). The zero-order valence-electron chi connectivity index (χ0n) is 11.4. The molecule has 0 saturated heterocycles. The molecule has 19 heavy (non-hydrogen) atoms. The third-order valence-corrected chi connectivity index (χ3v) is 3.17. The van der Waals surface area contributed by atoms with Crippen LogP contribution in [-0.4, -0.2) is 19.6 Å².